The van der Waals surface area contributed by atoms with Crippen molar-refractivity contribution in [2.75, 3.05) is 17.7 Å². The molecule has 1 heterocycles. The number of carbonyl (C=O) groups excluding carboxylic acids is 2. The molecule has 9 heteroatoms. The average molecular weight is 535 g/mol. The first-order valence-corrected chi connectivity index (χ1v) is 14.2. The third kappa shape index (κ3) is 6.37. The largest absolute Gasteiger partial charge is 0.396 e. The number of nitrogens with zero attached hydrogens (tertiary/aromatic N) is 1. The standard InChI is InChI=1S/C28H26N2O5S2/c1-2-37(34,35)23-14-10-20(11-15-23)18-24(32)29-28-30-25(21-6-4-3-5-7-21)27(36-28)26(33)22-12-8-19(9-13-22)16-17-31/h3-15,31H,2,16-18H2,1H3,(H,29,30,32). The van der Waals surface area contributed by atoms with E-state index in [4.69, 9.17) is 5.11 Å². The van der Waals surface area contributed by atoms with Gasteiger partial charge in [0.25, 0.3) is 0 Å². The number of rotatable bonds is 10. The van der Waals surface area contributed by atoms with Crippen LogP contribution in [0.1, 0.15) is 33.3 Å². The van der Waals surface area contributed by atoms with Gasteiger partial charge in [-0.1, -0.05) is 85.0 Å². The first-order valence-electron chi connectivity index (χ1n) is 11.7. The summed E-state index contributed by atoms with van der Waals surface area (Å²) in [6, 6.07) is 22.6. The molecule has 7 nitrogen and oxygen atoms in total. The van der Waals surface area contributed by atoms with Gasteiger partial charge in [0.1, 0.15) is 4.88 Å². The van der Waals surface area contributed by atoms with Crippen molar-refractivity contribution in [1.82, 2.24) is 4.98 Å². The molecule has 2 N–H and O–H groups in total. The fourth-order valence-electron chi connectivity index (χ4n) is 3.73. The number of aliphatic hydroxyl groups excluding tert-OH is 1. The normalized spacial score (nSPS) is 11.3. The number of benzene rings is 3. The van der Waals surface area contributed by atoms with Crippen LogP contribution in [0, 0.1) is 0 Å². The summed E-state index contributed by atoms with van der Waals surface area (Å²) >= 11 is 1.11. The number of carbonyl (C=O) groups is 2. The summed E-state index contributed by atoms with van der Waals surface area (Å²) in [4.78, 5) is 31.3. The summed E-state index contributed by atoms with van der Waals surface area (Å²) in [5.41, 5.74) is 3.32. The van der Waals surface area contributed by atoms with Gasteiger partial charge in [0.15, 0.2) is 15.0 Å². The minimum atomic E-state index is -3.31. The lowest BCUT2D eigenvalue weighted by atomic mass is 10.0. The Hall–Kier alpha value is -3.66. The Morgan fingerprint density at radius 2 is 1.57 bits per heavy atom. The second-order valence-electron chi connectivity index (χ2n) is 8.33. The number of amides is 1. The maximum atomic E-state index is 13.4. The molecule has 4 aromatic rings. The molecule has 37 heavy (non-hydrogen) atoms. The van der Waals surface area contributed by atoms with E-state index in [1.54, 1.807) is 31.2 Å². The number of nitrogens with one attached hydrogen (secondary N) is 1. The van der Waals surface area contributed by atoms with Gasteiger partial charge in [0, 0.05) is 17.7 Å². The number of sulfone groups is 1. The number of anilines is 1. The van der Waals surface area contributed by atoms with Gasteiger partial charge >= 0.3 is 0 Å². The molecule has 0 atom stereocenters. The van der Waals surface area contributed by atoms with E-state index in [1.807, 2.05) is 42.5 Å². The van der Waals surface area contributed by atoms with E-state index in [-0.39, 0.29) is 35.4 Å². The molecule has 1 aromatic heterocycles. The molecule has 0 saturated heterocycles. The maximum absolute atomic E-state index is 13.4. The van der Waals surface area contributed by atoms with Crippen LogP contribution >= 0.6 is 11.3 Å². The number of aliphatic hydroxyl groups is 1. The summed E-state index contributed by atoms with van der Waals surface area (Å²) in [5, 5.41) is 12.2. The Labute approximate surface area is 219 Å². The van der Waals surface area contributed by atoms with Crippen LogP contribution in [-0.4, -0.2) is 42.6 Å². The van der Waals surface area contributed by atoms with Gasteiger partial charge in [-0.2, -0.15) is 0 Å². The Kier molecular flexibility index (Phi) is 8.27. The van der Waals surface area contributed by atoms with E-state index in [2.05, 4.69) is 10.3 Å². The Morgan fingerprint density at radius 3 is 2.19 bits per heavy atom. The molecule has 0 aliphatic carbocycles. The van der Waals surface area contributed by atoms with Crippen LogP contribution in [-0.2, 0) is 27.5 Å². The van der Waals surface area contributed by atoms with Crippen molar-refractivity contribution in [3.63, 3.8) is 0 Å². The highest BCUT2D eigenvalue weighted by molar-refractivity contribution is 7.91. The van der Waals surface area contributed by atoms with E-state index < -0.39 is 9.84 Å². The Bertz CT molecular complexity index is 1490. The van der Waals surface area contributed by atoms with Crippen molar-refractivity contribution in [1.29, 1.82) is 0 Å². The van der Waals surface area contributed by atoms with Crippen LogP contribution in [0.5, 0.6) is 0 Å². The second-order valence-corrected chi connectivity index (χ2v) is 11.6. The fraction of sp³-hybridized carbons (Fsp3) is 0.179. The van der Waals surface area contributed by atoms with Gasteiger partial charge in [-0.05, 0) is 29.7 Å². The van der Waals surface area contributed by atoms with Crippen LogP contribution in [0.25, 0.3) is 11.3 Å². The molecular formula is C28H26N2O5S2. The first kappa shape index (κ1) is 26.4. The molecule has 190 valence electrons. The Morgan fingerprint density at radius 1 is 0.919 bits per heavy atom. The monoisotopic (exact) mass is 534 g/mol. The number of hydrogen-bond donors (Lipinski definition) is 2. The molecule has 0 aliphatic heterocycles. The average Bonchev–Trinajstić information content (AvgIpc) is 3.33. The minimum absolute atomic E-state index is 0.00842. The van der Waals surface area contributed by atoms with Gasteiger partial charge in [0.2, 0.25) is 11.7 Å². The van der Waals surface area contributed by atoms with Crippen molar-refractivity contribution >= 4 is 38.0 Å². The maximum Gasteiger partial charge on any atom is 0.230 e. The van der Waals surface area contributed by atoms with E-state index in [0.717, 1.165) is 22.5 Å². The molecule has 0 fully saturated rings. The number of hydrogen-bond acceptors (Lipinski definition) is 7. The number of aromatic nitrogens is 1. The van der Waals surface area contributed by atoms with E-state index >= 15 is 0 Å². The summed E-state index contributed by atoms with van der Waals surface area (Å²) in [7, 11) is -3.31. The highest BCUT2D eigenvalue weighted by Crippen LogP contribution is 2.33. The van der Waals surface area contributed by atoms with E-state index in [9.17, 15) is 18.0 Å². The number of ketones is 1. The van der Waals surface area contributed by atoms with Crippen molar-refractivity contribution in [2.45, 2.75) is 24.7 Å². The highest BCUT2D eigenvalue weighted by atomic mass is 32.2. The fourth-order valence-corrected chi connectivity index (χ4v) is 5.58. The molecule has 0 spiro atoms. The topological polar surface area (TPSA) is 113 Å². The molecule has 3 aromatic carbocycles. The lowest BCUT2D eigenvalue weighted by Crippen LogP contribution is -2.14. The first-order chi connectivity index (χ1) is 17.8. The van der Waals surface area contributed by atoms with Crippen LogP contribution in [0.15, 0.2) is 83.8 Å². The molecular weight excluding hydrogens is 508 g/mol. The summed E-state index contributed by atoms with van der Waals surface area (Å²) in [6.07, 6.45) is 0.542. The van der Waals surface area contributed by atoms with Crippen LogP contribution in [0.2, 0.25) is 0 Å². The second kappa shape index (κ2) is 11.6. The van der Waals surface area contributed by atoms with E-state index in [1.165, 1.54) is 12.1 Å². The molecule has 0 bridgehead atoms. The summed E-state index contributed by atoms with van der Waals surface area (Å²) < 4.78 is 24.0. The lowest BCUT2D eigenvalue weighted by molar-refractivity contribution is -0.115. The number of thiazole rings is 1. The minimum Gasteiger partial charge on any atom is -0.396 e. The quantitative estimate of drug-likeness (QED) is 0.289. The zero-order valence-electron chi connectivity index (χ0n) is 20.2. The highest BCUT2D eigenvalue weighted by Gasteiger charge is 2.22. The van der Waals surface area contributed by atoms with Crippen molar-refractivity contribution in [3.8, 4) is 11.3 Å². The van der Waals surface area contributed by atoms with Crippen LogP contribution in [0.4, 0.5) is 5.13 Å². The molecule has 0 unspecified atom stereocenters. The summed E-state index contributed by atoms with van der Waals surface area (Å²) in [5.74, 6) is -0.527. The predicted octanol–water partition coefficient (Wildman–Crippen LogP) is 4.55. The smallest absolute Gasteiger partial charge is 0.230 e. The molecule has 0 aliphatic rings. The van der Waals surface area contributed by atoms with Gasteiger partial charge in [-0.25, -0.2) is 13.4 Å². The SMILES string of the molecule is CCS(=O)(=O)c1ccc(CC(=O)Nc2nc(-c3ccccc3)c(C(=O)c3ccc(CCO)cc3)s2)cc1. The van der Waals surface area contributed by atoms with Crippen molar-refractivity contribution < 1.29 is 23.1 Å². The zero-order valence-corrected chi connectivity index (χ0v) is 21.8. The van der Waals surface area contributed by atoms with Gasteiger partial charge in [0.05, 0.1) is 22.8 Å². The Balaban J connectivity index is 1.56. The third-order valence-corrected chi connectivity index (χ3v) is 8.49. The molecule has 0 saturated carbocycles. The third-order valence-electron chi connectivity index (χ3n) is 5.77. The van der Waals surface area contributed by atoms with Crippen LogP contribution < -0.4 is 5.32 Å². The van der Waals surface area contributed by atoms with Gasteiger partial charge < -0.3 is 10.4 Å². The zero-order chi connectivity index (χ0) is 26.4. The predicted molar refractivity (Wildman–Crippen MR) is 145 cm³/mol. The van der Waals surface area contributed by atoms with Gasteiger partial charge in [-0.3, -0.25) is 9.59 Å². The van der Waals surface area contributed by atoms with E-state index in [0.29, 0.717) is 33.3 Å². The van der Waals surface area contributed by atoms with Crippen molar-refractivity contribution in [3.05, 3.63) is 100 Å². The van der Waals surface area contributed by atoms with Crippen molar-refractivity contribution in [2.24, 2.45) is 0 Å². The van der Waals surface area contributed by atoms with Crippen LogP contribution in [0.3, 0.4) is 0 Å². The molecule has 1 amide bonds. The lowest BCUT2D eigenvalue weighted by Gasteiger charge is -2.04. The summed E-state index contributed by atoms with van der Waals surface area (Å²) in [6.45, 7) is 1.62. The van der Waals surface area contributed by atoms with Gasteiger partial charge in [-0.15, -0.1) is 0 Å². The molecule has 4 rings (SSSR count). The molecule has 0 radical (unpaired) electrons.